The molecule has 1 aromatic heterocycles. The summed E-state index contributed by atoms with van der Waals surface area (Å²) in [5.41, 5.74) is 10.5. The predicted molar refractivity (Wildman–Crippen MR) is 115 cm³/mol. The molecule has 146 valence electrons. The van der Waals surface area contributed by atoms with Crippen LogP contribution in [0.4, 0.5) is 0 Å². The van der Waals surface area contributed by atoms with Gasteiger partial charge in [0, 0.05) is 36.6 Å². The summed E-state index contributed by atoms with van der Waals surface area (Å²) >= 11 is 0. The van der Waals surface area contributed by atoms with Crippen LogP contribution in [0.2, 0.25) is 0 Å². The molecule has 3 N–H and O–H groups in total. The van der Waals surface area contributed by atoms with E-state index in [0.29, 0.717) is 5.92 Å². The molecular weight excluding hydrogens is 360 g/mol. The minimum absolute atomic E-state index is 0.0854. The lowest BCUT2D eigenvalue weighted by molar-refractivity contribution is 0.0713. The zero-order chi connectivity index (χ0) is 20.2. The molecule has 0 atom stereocenters. The molecule has 2 aromatic carbocycles. The Bertz CT molecular complexity index is 1010. The molecule has 0 bridgehead atoms. The summed E-state index contributed by atoms with van der Waals surface area (Å²) in [5.74, 6) is 0.573. The molecule has 1 aliphatic heterocycles. The van der Waals surface area contributed by atoms with Crippen LogP contribution >= 0.6 is 0 Å². The zero-order valence-electron chi connectivity index (χ0n) is 16.2. The lowest BCUT2D eigenvalue weighted by atomic mass is 9.88. The molecule has 0 spiro atoms. The maximum absolute atomic E-state index is 12.9. The van der Waals surface area contributed by atoms with Gasteiger partial charge in [0.1, 0.15) is 5.84 Å². The highest BCUT2D eigenvalue weighted by molar-refractivity contribution is 5.95. The van der Waals surface area contributed by atoms with Gasteiger partial charge < -0.3 is 10.6 Å². The third-order valence-corrected chi connectivity index (χ3v) is 5.60. The first kappa shape index (κ1) is 18.9. The average Bonchev–Trinajstić information content (AvgIpc) is 2.79. The van der Waals surface area contributed by atoms with Crippen molar-refractivity contribution < 1.29 is 4.79 Å². The Balaban J connectivity index is 1.40. The fraction of sp³-hybridized carbons (Fsp3) is 0.208. The van der Waals surface area contributed by atoms with E-state index in [4.69, 9.17) is 11.1 Å². The Kier molecular flexibility index (Phi) is 5.38. The monoisotopic (exact) mass is 384 g/mol. The molecule has 5 nitrogen and oxygen atoms in total. The van der Waals surface area contributed by atoms with Crippen LogP contribution in [0.1, 0.15) is 40.2 Å². The predicted octanol–water partition coefficient (Wildman–Crippen LogP) is 4.05. The van der Waals surface area contributed by atoms with Gasteiger partial charge in [-0.3, -0.25) is 15.2 Å². The normalized spacial score (nSPS) is 14.6. The first-order valence-electron chi connectivity index (χ1n) is 9.86. The van der Waals surface area contributed by atoms with E-state index in [1.54, 1.807) is 12.4 Å². The summed E-state index contributed by atoms with van der Waals surface area (Å²) in [7, 11) is 0. The Labute approximate surface area is 170 Å². The van der Waals surface area contributed by atoms with Crippen LogP contribution in [-0.2, 0) is 0 Å². The molecule has 3 aromatic rings. The molecule has 1 saturated heterocycles. The molecule has 29 heavy (non-hydrogen) atoms. The number of carbonyl (C=O) groups excluding carboxylic acids is 1. The van der Waals surface area contributed by atoms with Crippen molar-refractivity contribution >= 4 is 11.7 Å². The van der Waals surface area contributed by atoms with Crippen molar-refractivity contribution in [2.45, 2.75) is 18.8 Å². The van der Waals surface area contributed by atoms with Gasteiger partial charge in [0.25, 0.3) is 5.91 Å². The van der Waals surface area contributed by atoms with Crippen LogP contribution in [0.3, 0.4) is 0 Å². The number of pyridine rings is 1. The number of amides is 1. The summed E-state index contributed by atoms with van der Waals surface area (Å²) < 4.78 is 0. The number of hydrogen-bond acceptors (Lipinski definition) is 3. The van der Waals surface area contributed by atoms with E-state index >= 15 is 0 Å². The molecule has 1 amide bonds. The average molecular weight is 384 g/mol. The Morgan fingerprint density at radius 3 is 2.24 bits per heavy atom. The zero-order valence-corrected chi connectivity index (χ0v) is 16.2. The number of piperidine rings is 1. The number of hydrogen-bond donors (Lipinski definition) is 2. The number of benzene rings is 2. The van der Waals surface area contributed by atoms with Gasteiger partial charge in [0.2, 0.25) is 0 Å². The highest BCUT2D eigenvalue weighted by Gasteiger charge is 2.24. The van der Waals surface area contributed by atoms with Gasteiger partial charge in [-0.15, -0.1) is 0 Å². The quantitative estimate of drug-likeness (QED) is 0.526. The van der Waals surface area contributed by atoms with Crippen molar-refractivity contribution in [3.8, 4) is 11.1 Å². The van der Waals surface area contributed by atoms with Gasteiger partial charge >= 0.3 is 0 Å². The van der Waals surface area contributed by atoms with Crippen molar-refractivity contribution in [3.05, 3.63) is 89.7 Å². The molecular formula is C24H24N4O. The third kappa shape index (κ3) is 4.19. The van der Waals surface area contributed by atoms with E-state index in [2.05, 4.69) is 11.1 Å². The number of nitrogens with zero attached hydrogens (tertiary/aromatic N) is 2. The molecule has 1 aliphatic rings. The van der Waals surface area contributed by atoms with Crippen molar-refractivity contribution in [1.29, 1.82) is 5.41 Å². The molecule has 4 rings (SSSR count). The first-order chi connectivity index (χ1) is 14.1. The van der Waals surface area contributed by atoms with Gasteiger partial charge in [0.15, 0.2) is 0 Å². The van der Waals surface area contributed by atoms with E-state index in [-0.39, 0.29) is 11.7 Å². The third-order valence-electron chi connectivity index (χ3n) is 5.60. The second-order valence-corrected chi connectivity index (χ2v) is 7.42. The van der Waals surface area contributed by atoms with Crippen molar-refractivity contribution in [3.63, 3.8) is 0 Å². The molecule has 2 heterocycles. The summed E-state index contributed by atoms with van der Waals surface area (Å²) in [5, 5.41) is 7.62. The fourth-order valence-corrected chi connectivity index (χ4v) is 3.91. The van der Waals surface area contributed by atoms with Crippen LogP contribution in [0.5, 0.6) is 0 Å². The van der Waals surface area contributed by atoms with Gasteiger partial charge in [-0.05, 0) is 65.8 Å². The Hall–Kier alpha value is -3.47. The van der Waals surface area contributed by atoms with Gasteiger partial charge in [-0.25, -0.2) is 0 Å². The van der Waals surface area contributed by atoms with Crippen LogP contribution < -0.4 is 5.73 Å². The van der Waals surface area contributed by atoms with Crippen molar-refractivity contribution in [2.24, 2.45) is 5.73 Å². The summed E-state index contributed by atoms with van der Waals surface area (Å²) in [6, 6.07) is 19.6. The number of nitrogens with two attached hydrogens (primary N) is 1. The highest BCUT2D eigenvalue weighted by Crippen LogP contribution is 2.29. The molecule has 5 heteroatoms. The minimum Gasteiger partial charge on any atom is -0.384 e. The number of nitrogens with one attached hydrogen (secondary N) is 1. The standard InChI is InChI=1S/C24H24N4O/c25-23(26)22-3-1-2-21(16-22)19-10-14-28(15-11-19)24(29)20-6-4-17(5-7-20)18-8-12-27-13-9-18/h1-9,12-13,16,19H,10-11,14-15H2,(H3,25,26). The van der Waals surface area contributed by atoms with Gasteiger partial charge in [0.05, 0.1) is 0 Å². The maximum atomic E-state index is 12.9. The number of rotatable bonds is 4. The molecule has 0 saturated carbocycles. The second kappa shape index (κ2) is 8.27. The van der Waals surface area contributed by atoms with Gasteiger partial charge in [-0.2, -0.15) is 0 Å². The molecule has 0 aliphatic carbocycles. The lowest BCUT2D eigenvalue weighted by Crippen LogP contribution is -2.37. The Morgan fingerprint density at radius 2 is 1.59 bits per heavy atom. The maximum Gasteiger partial charge on any atom is 0.253 e. The van der Waals surface area contributed by atoms with Crippen LogP contribution in [0.25, 0.3) is 11.1 Å². The highest BCUT2D eigenvalue weighted by atomic mass is 16.2. The van der Waals surface area contributed by atoms with Crippen LogP contribution in [0, 0.1) is 5.41 Å². The number of aromatic nitrogens is 1. The second-order valence-electron chi connectivity index (χ2n) is 7.42. The molecule has 0 radical (unpaired) electrons. The van der Waals surface area contributed by atoms with E-state index < -0.39 is 0 Å². The SMILES string of the molecule is N=C(N)c1cccc(C2CCN(C(=O)c3ccc(-c4ccncc4)cc3)CC2)c1. The van der Waals surface area contributed by atoms with Crippen molar-refractivity contribution in [1.82, 2.24) is 9.88 Å². The van der Waals surface area contributed by atoms with Crippen molar-refractivity contribution in [2.75, 3.05) is 13.1 Å². The largest absolute Gasteiger partial charge is 0.384 e. The number of likely N-dealkylation sites (tertiary alicyclic amines) is 1. The Morgan fingerprint density at radius 1 is 0.931 bits per heavy atom. The first-order valence-corrected chi connectivity index (χ1v) is 9.86. The van der Waals surface area contributed by atoms with Crippen LogP contribution in [0.15, 0.2) is 73.1 Å². The van der Waals surface area contributed by atoms with Crippen LogP contribution in [-0.4, -0.2) is 34.7 Å². The number of nitrogen functional groups attached to an aromatic ring is 1. The minimum atomic E-state index is 0.0854. The smallest absolute Gasteiger partial charge is 0.253 e. The summed E-state index contributed by atoms with van der Waals surface area (Å²) in [4.78, 5) is 18.9. The topological polar surface area (TPSA) is 83.1 Å². The van der Waals surface area contributed by atoms with E-state index in [1.807, 2.05) is 59.5 Å². The van der Waals surface area contributed by atoms with E-state index in [0.717, 1.165) is 48.2 Å². The molecule has 0 unspecified atom stereocenters. The lowest BCUT2D eigenvalue weighted by Gasteiger charge is -2.32. The number of carbonyl (C=O) groups is 1. The summed E-state index contributed by atoms with van der Waals surface area (Å²) in [6.07, 6.45) is 5.37. The number of amidine groups is 1. The van der Waals surface area contributed by atoms with Gasteiger partial charge in [-0.1, -0.05) is 30.3 Å². The van der Waals surface area contributed by atoms with E-state index in [9.17, 15) is 4.79 Å². The van der Waals surface area contributed by atoms with E-state index in [1.165, 1.54) is 5.56 Å². The molecule has 1 fully saturated rings. The summed E-state index contributed by atoms with van der Waals surface area (Å²) in [6.45, 7) is 1.47. The fourth-order valence-electron chi connectivity index (χ4n) is 3.91.